The molecule has 0 spiro atoms. The van der Waals surface area contributed by atoms with E-state index in [4.69, 9.17) is 4.98 Å². The van der Waals surface area contributed by atoms with Crippen LogP contribution in [0.25, 0.3) is 10.9 Å². The first kappa shape index (κ1) is 18.8. The summed E-state index contributed by atoms with van der Waals surface area (Å²) < 4.78 is 0. The number of para-hydroxylation sites is 1. The summed E-state index contributed by atoms with van der Waals surface area (Å²) in [5.74, 6) is 0.298. The van der Waals surface area contributed by atoms with Gasteiger partial charge in [-0.25, -0.2) is 0 Å². The van der Waals surface area contributed by atoms with Crippen molar-refractivity contribution in [2.24, 2.45) is 0 Å². The highest BCUT2D eigenvalue weighted by Gasteiger charge is 2.15. The number of rotatable bonds is 6. The average Bonchev–Trinajstić information content (AvgIpc) is 2.65. The van der Waals surface area contributed by atoms with Gasteiger partial charge >= 0.3 is 0 Å². The van der Waals surface area contributed by atoms with Gasteiger partial charge in [-0.15, -0.1) is 0 Å². The van der Waals surface area contributed by atoms with Crippen LogP contribution in [-0.2, 0) is 0 Å². The van der Waals surface area contributed by atoms with Crippen molar-refractivity contribution in [3.8, 4) is 0 Å². The number of carbonyl (C=O) groups excluding carboxylic acids is 1. The van der Waals surface area contributed by atoms with Gasteiger partial charge in [0.05, 0.1) is 11.1 Å². The molecule has 26 heavy (non-hydrogen) atoms. The maximum atomic E-state index is 12.8. The van der Waals surface area contributed by atoms with Gasteiger partial charge in [-0.2, -0.15) is 0 Å². The summed E-state index contributed by atoms with van der Waals surface area (Å²) in [5, 5.41) is 4.03. The number of hydrogen-bond acceptors (Lipinski definition) is 4. The van der Waals surface area contributed by atoms with Crippen LogP contribution in [0.1, 0.15) is 42.2 Å². The molecule has 5 heteroatoms. The standard InChI is InChI=1S/C21H30N4O/c1-16(2)20-15-18(17-7-4-5-8-19(17)23-20)21(26)22-9-6-10-25-13-11-24(3)12-14-25/h4-5,7-8,15-16H,6,9-14H2,1-3H3,(H,22,26). The van der Waals surface area contributed by atoms with Crippen LogP contribution in [0, 0.1) is 0 Å². The minimum atomic E-state index is 0.00359. The van der Waals surface area contributed by atoms with Gasteiger partial charge in [-0.3, -0.25) is 9.78 Å². The van der Waals surface area contributed by atoms with Crippen molar-refractivity contribution in [2.45, 2.75) is 26.2 Å². The molecule has 0 bridgehead atoms. The summed E-state index contributed by atoms with van der Waals surface area (Å²) in [7, 11) is 2.17. The number of aromatic nitrogens is 1. The second kappa shape index (κ2) is 8.60. The third-order valence-electron chi connectivity index (χ3n) is 5.10. The Kier molecular flexibility index (Phi) is 6.22. The molecule has 1 aliphatic heterocycles. The van der Waals surface area contributed by atoms with Gasteiger partial charge in [-0.05, 0) is 38.1 Å². The number of nitrogens with one attached hydrogen (secondary N) is 1. The van der Waals surface area contributed by atoms with Crippen LogP contribution < -0.4 is 5.32 Å². The third-order valence-corrected chi connectivity index (χ3v) is 5.10. The zero-order chi connectivity index (χ0) is 18.5. The molecule has 0 aliphatic carbocycles. The normalized spacial score (nSPS) is 16.3. The fraction of sp³-hybridized carbons (Fsp3) is 0.524. The Balaban J connectivity index is 1.60. The molecule has 3 rings (SSSR count). The first-order valence-electron chi connectivity index (χ1n) is 9.63. The molecule has 140 valence electrons. The highest BCUT2D eigenvalue weighted by molar-refractivity contribution is 6.06. The molecule has 1 saturated heterocycles. The highest BCUT2D eigenvalue weighted by Crippen LogP contribution is 2.22. The van der Waals surface area contributed by atoms with Crippen molar-refractivity contribution in [3.05, 3.63) is 41.6 Å². The van der Waals surface area contributed by atoms with Gasteiger partial charge in [0, 0.05) is 43.8 Å². The zero-order valence-electron chi connectivity index (χ0n) is 16.2. The number of pyridine rings is 1. The fourth-order valence-corrected chi connectivity index (χ4v) is 3.35. The molecule has 1 amide bonds. The molecule has 0 unspecified atom stereocenters. The first-order chi connectivity index (χ1) is 12.5. The van der Waals surface area contributed by atoms with E-state index in [1.807, 2.05) is 30.3 Å². The molecule has 0 radical (unpaired) electrons. The smallest absolute Gasteiger partial charge is 0.252 e. The lowest BCUT2D eigenvalue weighted by Gasteiger charge is -2.32. The van der Waals surface area contributed by atoms with Crippen molar-refractivity contribution < 1.29 is 4.79 Å². The molecule has 1 N–H and O–H groups in total. The Bertz CT molecular complexity index is 751. The summed E-state index contributed by atoms with van der Waals surface area (Å²) in [5.41, 5.74) is 2.59. The lowest BCUT2D eigenvalue weighted by atomic mass is 10.0. The third kappa shape index (κ3) is 4.59. The molecule has 1 aliphatic rings. The second-order valence-electron chi connectivity index (χ2n) is 7.52. The SMILES string of the molecule is CC(C)c1cc(C(=O)NCCCN2CCN(C)CC2)c2ccccc2n1. The number of carbonyl (C=O) groups is 1. The maximum Gasteiger partial charge on any atom is 0.252 e. The fourth-order valence-electron chi connectivity index (χ4n) is 3.35. The summed E-state index contributed by atoms with van der Waals surface area (Å²) in [6, 6.07) is 9.83. The molecule has 1 aromatic heterocycles. The van der Waals surface area contributed by atoms with E-state index in [0.717, 1.165) is 61.3 Å². The van der Waals surface area contributed by atoms with Crippen molar-refractivity contribution in [2.75, 3.05) is 46.3 Å². The molecule has 2 aromatic rings. The Morgan fingerprint density at radius 3 is 2.65 bits per heavy atom. The van der Waals surface area contributed by atoms with E-state index in [0.29, 0.717) is 12.5 Å². The lowest BCUT2D eigenvalue weighted by Crippen LogP contribution is -2.45. The van der Waals surface area contributed by atoms with Gasteiger partial charge in [0.2, 0.25) is 0 Å². The number of amides is 1. The first-order valence-corrected chi connectivity index (χ1v) is 9.63. The van der Waals surface area contributed by atoms with Gasteiger partial charge < -0.3 is 15.1 Å². The minimum Gasteiger partial charge on any atom is -0.352 e. The van der Waals surface area contributed by atoms with E-state index in [1.54, 1.807) is 0 Å². The molecule has 0 atom stereocenters. The maximum absolute atomic E-state index is 12.8. The number of piperazine rings is 1. The van der Waals surface area contributed by atoms with Crippen LogP contribution in [-0.4, -0.2) is 67.0 Å². The molecular weight excluding hydrogens is 324 g/mol. The van der Waals surface area contributed by atoms with Crippen LogP contribution in [0.2, 0.25) is 0 Å². The molecule has 0 saturated carbocycles. The van der Waals surface area contributed by atoms with E-state index in [9.17, 15) is 4.79 Å². The van der Waals surface area contributed by atoms with Crippen molar-refractivity contribution >= 4 is 16.8 Å². The van der Waals surface area contributed by atoms with Gasteiger partial charge in [-0.1, -0.05) is 32.0 Å². The lowest BCUT2D eigenvalue weighted by molar-refractivity contribution is 0.0951. The van der Waals surface area contributed by atoms with Gasteiger partial charge in [0.25, 0.3) is 5.91 Å². The number of hydrogen-bond donors (Lipinski definition) is 1. The number of fused-ring (bicyclic) bond motifs is 1. The Labute approximate surface area is 156 Å². The van der Waals surface area contributed by atoms with Crippen LogP contribution in [0.4, 0.5) is 0 Å². The summed E-state index contributed by atoms with van der Waals surface area (Å²) >= 11 is 0. The Morgan fingerprint density at radius 1 is 1.19 bits per heavy atom. The van der Waals surface area contributed by atoms with Gasteiger partial charge in [0.15, 0.2) is 0 Å². The van der Waals surface area contributed by atoms with E-state index in [-0.39, 0.29) is 5.91 Å². The summed E-state index contributed by atoms with van der Waals surface area (Å²) in [6.07, 6.45) is 0.982. The van der Waals surface area contributed by atoms with Crippen LogP contribution in [0.5, 0.6) is 0 Å². The van der Waals surface area contributed by atoms with E-state index in [1.165, 1.54) is 0 Å². The Hall–Kier alpha value is -1.98. The van der Waals surface area contributed by atoms with Gasteiger partial charge in [0.1, 0.15) is 0 Å². The van der Waals surface area contributed by atoms with E-state index < -0.39 is 0 Å². The number of likely N-dealkylation sites (N-methyl/N-ethyl adjacent to an activating group) is 1. The van der Waals surface area contributed by atoms with Crippen LogP contribution in [0.15, 0.2) is 30.3 Å². The molecule has 2 heterocycles. The highest BCUT2D eigenvalue weighted by atomic mass is 16.1. The minimum absolute atomic E-state index is 0.00359. The predicted molar refractivity (Wildman–Crippen MR) is 107 cm³/mol. The molecule has 1 fully saturated rings. The molecule has 1 aromatic carbocycles. The van der Waals surface area contributed by atoms with E-state index in [2.05, 4.69) is 36.0 Å². The number of benzene rings is 1. The van der Waals surface area contributed by atoms with E-state index >= 15 is 0 Å². The summed E-state index contributed by atoms with van der Waals surface area (Å²) in [6.45, 7) is 10.5. The quantitative estimate of drug-likeness (QED) is 0.811. The Morgan fingerprint density at radius 2 is 1.92 bits per heavy atom. The molecular formula is C21H30N4O. The van der Waals surface area contributed by atoms with Crippen molar-refractivity contribution in [1.82, 2.24) is 20.1 Å². The predicted octanol–water partition coefficient (Wildman–Crippen LogP) is 2.73. The topological polar surface area (TPSA) is 48.5 Å². The summed E-state index contributed by atoms with van der Waals surface area (Å²) in [4.78, 5) is 22.3. The van der Waals surface area contributed by atoms with Crippen LogP contribution in [0.3, 0.4) is 0 Å². The zero-order valence-corrected chi connectivity index (χ0v) is 16.2. The average molecular weight is 354 g/mol. The molecule has 5 nitrogen and oxygen atoms in total. The van der Waals surface area contributed by atoms with Crippen molar-refractivity contribution in [1.29, 1.82) is 0 Å². The monoisotopic (exact) mass is 354 g/mol. The van der Waals surface area contributed by atoms with Crippen molar-refractivity contribution in [3.63, 3.8) is 0 Å². The van der Waals surface area contributed by atoms with Crippen LogP contribution >= 0.6 is 0 Å². The second-order valence-corrected chi connectivity index (χ2v) is 7.52. The number of nitrogens with zero attached hydrogens (tertiary/aromatic N) is 3. The largest absolute Gasteiger partial charge is 0.352 e.